The molecule has 1 aliphatic rings. The van der Waals surface area contributed by atoms with Gasteiger partial charge in [0.25, 0.3) is 5.91 Å². The van der Waals surface area contributed by atoms with E-state index in [2.05, 4.69) is 41.6 Å². The summed E-state index contributed by atoms with van der Waals surface area (Å²) in [5, 5.41) is 0. The van der Waals surface area contributed by atoms with Gasteiger partial charge in [-0.2, -0.15) is 0 Å². The molecule has 0 aliphatic carbocycles. The first-order valence-corrected chi connectivity index (χ1v) is 7.83. The van der Waals surface area contributed by atoms with E-state index in [-0.39, 0.29) is 11.9 Å². The molecule has 2 aromatic rings. The van der Waals surface area contributed by atoms with Crippen LogP contribution in [0.3, 0.4) is 0 Å². The van der Waals surface area contributed by atoms with E-state index >= 15 is 0 Å². The highest BCUT2D eigenvalue weighted by atomic mass is 127. The fraction of sp³-hybridized carbons (Fsp3) is 0.235. The predicted octanol–water partition coefficient (Wildman–Crippen LogP) is 4.19. The minimum atomic E-state index is 0.104. The average molecular weight is 377 g/mol. The highest BCUT2D eigenvalue weighted by molar-refractivity contribution is 14.1. The van der Waals surface area contributed by atoms with Gasteiger partial charge in [-0.05, 0) is 66.6 Å². The molecule has 3 rings (SSSR count). The van der Waals surface area contributed by atoms with Gasteiger partial charge in [0.15, 0.2) is 0 Å². The minimum Gasteiger partial charge on any atom is -0.305 e. The molecule has 0 saturated heterocycles. The molecule has 0 aromatic heterocycles. The lowest BCUT2D eigenvalue weighted by molar-refractivity contribution is 0.0980. The predicted molar refractivity (Wildman–Crippen MR) is 90.3 cm³/mol. The third-order valence-corrected chi connectivity index (χ3v) is 4.67. The van der Waals surface area contributed by atoms with Gasteiger partial charge >= 0.3 is 0 Å². The van der Waals surface area contributed by atoms with E-state index in [1.807, 2.05) is 42.2 Å². The smallest absolute Gasteiger partial charge is 0.259 e. The summed E-state index contributed by atoms with van der Waals surface area (Å²) in [7, 11) is 0. The third-order valence-electron chi connectivity index (χ3n) is 3.78. The summed E-state index contributed by atoms with van der Waals surface area (Å²) >= 11 is 2.25. The van der Waals surface area contributed by atoms with E-state index in [0.717, 1.165) is 21.2 Å². The van der Waals surface area contributed by atoms with Gasteiger partial charge in [0.1, 0.15) is 0 Å². The second kappa shape index (κ2) is 5.20. The number of aryl methyl sites for hydroxylation is 1. The van der Waals surface area contributed by atoms with E-state index in [9.17, 15) is 4.79 Å². The average Bonchev–Trinajstić information content (AvgIpc) is 2.73. The van der Waals surface area contributed by atoms with Crippen molar-refractivity contribution in [3.8, 4) is 0 Å². The Balaban J connectivity index is 2.03. The highest BCUT2D eigenvalue weighted by Crippen LogP contribution is 2.33. The van der Waals surface area contributed by atoms with Crippen LogP contribution in [0.2, 0.25) is 0 Å². The van der Waals surface area contributed by atoms with Crippen LogP contribution in [0.5, 0.6) is 0 Å². The summed E-state index contributed by atoms with van der Waals surface area (Å²) < 4.78 is 1.02. The van der Waals surface area contributed by atoms with Crippen molar-refractivity contribution in [3.05, 3.63) is 62.7 Å². The van der Waals surface area contributed by atoms with Crippen LogP contribution in [0.1, 0.15) is 28.4 Å². The van der Waals surface area contributed by atoms with Gasteiger partial charge in [-0.1, -0.05) is 29.8 Å². The Bertz CT molecular complexity index is 680. The standard InChI is InChI=1S/C17H16INO/c1-11-7-8-14(15(18)9-11)17(20)19-12(2)10-13-5-3-4-6-16(13)19/h3-9,12H,10H2,1-2H3/t12-/m0/s1. The normalized spacial score (nSPS) is 17.1. The van der Waals surface area contributed by atoms with Crippen molar-refractivity contribution >= 4 is 34.2 Å². The molecule has 0 spiro atoms. The molecule has 0 bridgehead atoms. The van der Waals surface area contributed by atoms with Crippen LogP contribution in [-0.2, 0) is 6.42 Å². The summed E-state index contributed by atoms with van der Waals surface area (Å²) in [6, 6.07) is 14.4. The second-order valence-electron chi connectivity index (χ2n) is 5.34. The molecule has 20 heavy (non-hydrogen) atoms. The van der Waals surface area contributed by atoms with Gasteiger partial charge in [0.05, 0.1) is 5.56 Å². The van der Waals surface area contributed by atoms with Gasteiger partial charge in [-0.15, -0.1) is 0 Å². The molecule has 0 unspecified atom stereocenters. The van der Waals surface area contributed by atoms with Gasteiger partial charge in [-0.25, -0.2) is 0 Å². The summed E-state index contributed by atoms with van der Waals surface area (Å²) in [6.45, 7) is 4.16. The van der Waals surface area contributed by atoms with Crippen molar-refractivity contribution in [2.75, 3.05) is 4.90 Å². The van der Waals surface area contributed by atoms with Crippen molar-refractivity contribution in [3.63, 3.8) is 0 Å². The number of amides is 1. The molecule has 0 saturated carbocycles. The maximum atomic E-state index is 12.9. The zero-order chi connectivity index (χ0) is 14.3. The Morgan fingerprint density at radius 1 is 1.25 bits per heavy atom. The molecule has 1 heterocycles. The molecular weight excluding hydrogens is 361 g/mol. The number of halogens is 1. The largest absolute Gasteiger partial charge is 0.305 e. The van der Waals surface area contributed by atoms with E-state index in [1.165, 1.54) is 11.1 Å². The first kappa shape index (κ1) is 13.6. The molecule has 1 atom stereocenters. The SMILES string of the molecule is Cc1ccc(C(=O)N2c3ccccc3C[C@@H]2C)c(I)c1. The number of fused-ring (bicyclic) bond motifs is 1. The molecule has 0 fully saturated rings. The molecular formula is C17H16INO. The number of nitrogens with zero attached hydrogens (tertiary/aromatic N) is 1. The van der Waals surface area contributed by atoms with E-state index in [4.69, 9.17) is 0 Å². The Labute approximate surface area is 132 Å². The van der Waals surface area contributed by atoms with Crippen LogP contribution in [0, 0.1) is 10.5 Å². The Hall–Kier alpha value is -1.36. The lowest BCUT2D eigenvalue weighted by Gasteiger charge is -2.23. The molecule has 2 nitrogen and oxygen atoms in total. The summed E-state index contributed by atoms with van der Waals surface area (Å²) in [5.74, 6) is 0.104. The number of hydrogen-bond acceptors (Lipinski definition) is 1. The second-order valence-corrected chi connectivity index (χ2v) is 6.50. The summed E-state index contributed by atoms with van der Waals surface area (Å²) in [6.07, 6.45) is 0.935. The van der Waals surface area contributed by atoms with Crippen LogP contribution in [0.4, 0.5) is 5.69 Å². The topological polar surface area (TPSA) is 20.3 Å². The maximum absolute atomic E-state index is 12.9. The van der Waals surface area contributed by atoms with Crippen molar-refractivity contribution < 1.29 is 4.79 Å². The fourth-order valence-corrected chi connectivity index (χ4v) is 3.70. The van der Waals surface area contributed by atoms with Crippen LogP contribution < -0.4 is 4.90 Å². The number of benzene rings is 2. The number of rotatable bonds is 1. The van der Waals surface area contributed by atoms with Crippen LogP contribution >= 0.6 is 22.6 Å². The van der Waals surface area contributed by atoms with Crippen molar-refractivity contribution in [1.82, 2.24) is 0 Å². The minimum absolute atomic E-state index is 0.104. The lowest BCUT2D eigenvalue weighted by atomic mass is 10.1. The van der Waals surface area contributed by atoms with E-state index in [0.29, 0.717) is 0 Å². The first-order chi connectivity index (χ1) is 9.58. The van der Waals surface area contributed by atoms with Gasteiger partial charge < -0.3 is 4.90 Å². The molecule has 2 aromatic carbocycles. The van der Waals surface area contributed by atoms with E-state index < -0.39 is 0 Å². The van der Waals surface area contributed by atoms with Gasteiger partial charge in [-0.3, -0.25) is 4.79 Å². The highest BCUT2D eigenvalue weighted by Gasteiger charge is 2.31. The fourth-order valence-electron chi connectivity index (χ4n) is 2.80. The summed E-state index contributed by atoms with van der Waals surface area (Å²) in [4.78, 5) is 14.8. The van der Waals surface area contributed by atoms with Crippen molar-refractivity contribution in [1.29, 1.82) is 0 Å². The quantitative estimate of drug-likeness (QED) is 0.683. The summed E-state index contributed by atoms with van der Waals surface area (Å²) in [5.41, 5.74) is 4.29. The zero-order valence-corrected chi connectivity index (χ0v) is 13.7. The first-order valence-electron chi connectivity index (χ1n) is 6.75. The third kappa shape index (κ3) is 2.24. The Morgan fingerprint density at radius 3 is 2.75 bits per heavy atom. The van der Waals surface area contributed by atoms with Gasteiger partial charge in [0, 0.05) is 15.3 Å². The van der Waals surface area contributed by atoms with Gasteiger partial charge in [0.2, 0.25) is 0 Å². The molecule has 3 heteroatoms. The van der Waals surface area contributed by atoms with E-state index in [1.54, 1.807) is 0 Å². The zero-order valence-electron chi connectivity index (χ0n) is 11.6. The number of hydrogen-bond donors (Lipinski definition) is 0. The number of anilines is 1. The van der Waals surface area contributed by atoms with Crippen LogP contribution in [0.15, 0.2) is 42.5 Å². The number of carbonyl (C=O) groups is 1. The molecule has 0 N–H and O–H groups in total. The molecule has 1 amide bonds. The van der Waals surface area contributed by atoms with Crippen molar-refractivity contribution in [2.45, 2.75) is 26.3 Å². The molecule has 0 radical (unpaired) electrons. The van der Waals surface area contributed by atoms with Crippen LogP contribution in [0.25, 0.3) is 0 Å². The number of para-hydroxylation sites is 1. The number of carbonyl (C=O) groups excluding carboxylic acids is 1. The lowest BCUT2D eigenvalue weighted by Crippen LogP contribution is -2.36. The van der Waals surface area contributed by atoms with Crippen LogP contribution in [-0.4, -0.2) is 11.9 Å². The molecule has 1 aliphatic heterocycles. The molecule has 102 valence electrons. The van der Waals surface area contributed by atoms with Crippen molar-refractivity contribution in [2.24, 2.45) is 0 Å². The Morgan fingerprint density at radius 2 is 2.00 bits per heavy atom. The Kier molecular flexibility index (Phi) is 3.54. The maximum Gasteiger partial charge on any atom is 0.259 e. The monoisotopic (exact) mass is 377 g/mol.